The van der Waals surface area contributed by atoms with Crippen LogP contribution < -0.4 is 5.32 Å². The molecule has 0 fully saturated rings. The number of rotatable bonds is 5. The minimum atomic E-state index is -0.590. The van der Waals surface area contributed by atoms with Gasteiger partial charge in [0.25, 0.3) is 5.91 Å². The summed E-state index contributed by atoms with van der Waals surface area (Å²) >= 11 is 0. The van der Waals surface area contributed by atoms with Crippen LogP contribution in [-0.4, -0.2) is 30.4 Å². The highest BCUT2D eigenvalue weighted by Gasteiger charge is 2.28. The van der Waals surface area contributed by atoms with Crippen LogP contribution in [0.2, 0.25) is 0 Å². The summed E-state index contributed by atoms with van der Waals surface area (Å²) in [6, 6.07) is 1.78. The quantitative estimate of drug-likeness (QED) is 0.647. The second-order valence-electron chi connectivity index (χ2n) is 4.48. The summed E-state index contributed by atoms with van der Waals surface area (Å²) in [5, 5.41) is 21.7. The molecule has 0 saturated heterocycles. The van der Waals surface area contributed by atoms with Gasteiger partial charge in [-0.15, -0.1) is 0 Å². The number of carbonyl (C=O) groups is 1. The number of hydrogen-bond acceptors (Lipinski definition) is 5. The predicted molar refractivity (Wildman–Crippen MR) is 73.7 cm³/mol. The van der Waals surface area contributed by atoms with Crippen molar-refractivity contribution < 1.29 is 9.72 Å². The molecular weight excluding hydrogens is 276 g/mol. The highest BCUT2D eigenvalue weighted by molar-refractivity contribution is 5.96. The zero-order valence-electron chi connectivity index (χ0n) is 12.0. The molecule has 0 atom stereocenters. The second-order valence-corrected chi connectivity index (χ2v) is 4.48. The van der Waals surface area contributed by atoms with Gasteiger partial charge in [0.15, 0.2) is 0 Å². The molecule has 9 nitrogen and oxygen atoms in total. The Kier molecular flexibility index (Phi) is 4.01. The molecule has 21 heavy (non-hydrogen) atoms. The molecule has 0 unspecified atom stereocenters. The smallest absolute Gasteiger partial charge is 0.322 e. The lowest BCUT2D eigenvalue weighted by Gasteiger charge is -2.05. The maximum absolute atomic E-state index is 12.1. The van der Waals surface area contributed by atoms with Crippen molar-refractivity contribution in [1.29, 1.82) is 0 Å². The van der Waals surface area contributed by atoms with E-state index in [1.165, 1.54) is 4.68 Å². The summed E-state index contributed by atoms with van der Waals surface area (Å²) in [5.74, 6) is -0.575. The van der Waals surface area contributed by atoms with Gasteiger partial charge in [0.1, 0.15) is 5.69 Å². The van der Waals surface area contributed by atoms with Crippen molar-refractivity contribution in [2.45, 2.75) is 26.9 Å². The van der Waals surface area contributed by atoms with E-state index >= 15 is 0 Å². The van der Waals surface area contributed by atoms with E-state index < -0.39 is 10.8 Å². The van der Waals surface area contributed by atoms with Crippen molar-refractivity contribution in [3.63, 3.8) is 0 Å². The van der Waals surface area contributed by atoms with Crippen molar-refractivity contribution in [3.05, 3.63) is 39.5 Å². The van der Waals surface area contributed by atoms with E-state index in [4.69, 9.17) is 0 Å². The molecule has 0 aliphatic rings. The van der Waals surface area contributed by atoms with Gasteiger partial charge in [0.05, 0.1) is 17.2 Å². The molecule has 2 aromatic rings. The number of carbonyl (C=O) groups excluding carboxylic acids is 1. The number of hydrogen-bond donors (Lipinski definition) is 1. The molecule has 9 heteroatoms. The molecule has 0 radical (unpaired) electrons. The number of nitro groups is 1. The van der Waals surface area contributed by atoms with Gasteiger partial charge in [-0.3, -0.25) is 24.3 Å². The Hall–Kier alpha value is -2.71. The molecule has 0 saturated carbocycles. The van der Waals surface area contributed by atoms with E-state index in [9.17, 15) is 14.9 Å². The van der Waals surface area contributed by atoms with Gasteiger partial charge in [-0.25, -0.2) is 0 Å². The van der Waals surface area contributed by atoms with Crippen molar-refractivity contribution in [3.8, 4) is 0 Å². The van der Waals surface area contributed by atoms with Crippen LogP contribution in [0.5, 0.6) is 0 Å². The van der Waals surface area contributed by atoms with Gasteiger partial charge in [-0.1, -0.05) is 0 Å². The molecule has 1 amide bonds. The van der Waals surface area contributed by atoms with E-state index in [1.807, 2.05) is 6.92 Å². The Labute approximate surface area is 120 Å². The van der Waals surface area contributed by atoms with Gasteiger partial charge in [0.2, 0.25) is 5.69 Å². The molecule has 112 valence electrons. The molecule has 0 aliphatic carbocycles. The summed E-state index contributed by atoms with van der Waals surface area (Å²) in [5.41, 5.74) is 0.714. The first-order valence-corrected chi connectivity index (χ1v) is 6.42. The van der Waals surface area contributed by atoms with Gasteiger partial charge in [-0.2, -0.15) is 10.2 Å². The van der Waals surface area contributed by atoms with E-state index in [0.29, 0.717) is 12.2 Å². The summed E-state index contributed by atoms with van der Waals surface area (Å²) in [4.78, 5) is 22.6. The number of nitrogens with one attached hydrogen (secondary N) is 1. The van der Waals surface area contributed by atoms with Crippen molar-refractivity contribution >= 4 is 11.6 Å². The fourth-order valence-electron chi connectivity index (χ4n) is 2.02. The Morgan fingerprint density at radius 1 is 1.52 bits per heavy atom. The minimum Gasteiger partial charge on any atom is -0.345 e. The van der Waals surface area contributed by atoms with Gasteiger partial charge < -0.3 is 5.32 Å². The van der Waals surface area contributed by atoms with Crippen LogP contribution in [0, 0.1) is 17.0 Å². The van der Waals surface area contributed by atoms with E-state index in [2.05, 4.69) is 15.5 Å². The van der Waals surface area contributed by atoms with E-state index in [-0.39, 0.29) is 17.9 Å². The SMILES string of the molecule is CCn1nccc1CNC(=O)c1nn(C)c(C)c1[N+](=O)[O-]. The predicted octanol–water partition coefficient (Wildman–Crippen LogP) is 0.783. The van der Waals surface area contributed by atoms with Crippen LogP contribution in [0.1, 0.15) is 28.8 Å². The summed E-state index contributed by atoms with van der Waals surface area (Å²) in [6.45, 7) is 4.40. The molecule has 1 N–H and O–H groups in total. The van der Waals surface area contributed by atoms with Gasteiger partial charge in [-0.05, 0) is 19.9 Å². The Morgan fingerprint density at radius 3 is 2.86 bits per heavy atom. The number of aromatic nitrogens is 4. The Balaban J connectivity index is 2.18. The average Bonchev–Trinajstić information content (AvgIpc) is 3.01. The Morgan fingerprint density at radius 2 is 2.24 bits per heavy atom. The topological polar surface area (TPSA) is 108 Å². The number of nitrogens with zero attached hydrogens (tertiary/aromatic N) is 5. The summed E-state index contributed by atoms with van der Waals surface area (Å²) in [7, 11) is 1.56. The Bertz CT molecular complexity index is 687. The van der Waals surface area contributed by atoms with Crippen molar-refractivity contribution in [1.82, 2.24) is 24.9 Å². The zero-order chi connectivity index (χ0) is 15.6. The molecule has 0 spiro atoms. The van der Waals surface area contributed by atoms with Gasteiger partial charge in [0, 0.05) is 19.8 Å². The lowest BCUT2D eigenvalue weighted by atomic mass is 10.3. The summed E-state index contributed by atoms with van der Waals surface area (Å²) < 4.78 is 3.06. The van der Waals surface area contributed by atoms with Crippen LogP contribution in [0.3, 0.4) is 0 Å². The zero-order valence-corrected chi connectivity index (χ0v) is 12.0. The van der Waals surface area contributed by atoms with Crippen LogP contribution in [0.15, 0.2) is 12.3 Å². The van der Waals surface area contributed by atoms with Crippen molar-refractivity contribution in [2.24, 2.45) is 7.05 Å². The van der Waals surface area contributed by atoms with Crippen LogP contribution >= 0.6 is 0 Å². The van der Waals surface area contributed by atoms with E-state index in [1.54, 1.807) is 30.9 Å². The largest absolute Gasteiger partial charge is 0.345 e. The molecule has 0 aromatic carbocycles. The molecule has 0 aliphatic heterocycles. The molecule has 2 rings (SSSR count). The second kappa shape index (κ2) is 5.73. The fraction of sp³-hybridized carbons (Fsp3) is 0.417. The number of amides is 1. The standard InChI is InChI=1S/C12H16N6O3/c1-4-17-9(5-6-14-17)7-13-12(19)10-11(18(20)21)8(2)16(3)15-10/h5-6H,4,7H2,1-3H3,(H,13,19). The first-order chi connectivity index (χ1) is 9.95. The molecule has 2 aromatic heterocycles. The lowest BCUT2D eigenvalue weighted by molar-refractivity contribution is -0.385. The van der Waals surface area contributed by atoms with Gasteiger partial charge >= 0.3 is 5.69 Å². The van der Waals surface area contributed by atoms with Crippen LogP contribution in [0.25, 0.3) is 0 Å². The summed E-state index contributed by atoms with van der Waals surface area (Å²) in [6.07, 6.45) is 1.64. The maximum atomic E-state index is 12.1. The maximum Gasteiger partial charge on any atom is 0.322 e. The molecule has 0 bridgehead atoms. The normalized spacial score (nSPS) is 10.6. The first kappa shape index (κ1) is 14.7. The van der Waals surface area contributed by atoms with Crippen LogP contribution in [-0.2, 0) is 20.1 Å². The highest BCUT2D eigenvalue weighted by atomic mass is 16.6. The van der Waals surface area contributed by atoms with Crippen LogP contribution in [0.4, 0.5) is 5.69 Å². The minimum absolute atomic E-state index is 0.178. The first-order valence-electron chi connectivity index (χ1n) is 6.42. The number of aryl methyl sites for hydroxylation is 2. The molecular formula is C12H16N6O3. The van der Waals surface area contributed by atoms with E-state index in [0.717, 1.165) is 5.69 Å². The third-order valence-corrected chi connectivity index (χ3v) is 3.23. The van der Waals surface area contributed by atoms with Crippen molar-refractivity contribution in [2.75, 3.05) is 0 Å². The molecule has 2 heterocycles. The average molecular weight is 292 g/mol. The fourth-order valence-corrected chi connectivity index (χ4v) is 2.02. The monoisotopic (exact) mass is 292 g/mol. The lowest BCUT2D eigenvalue weighted by Crippen LogP contribution is -2.25. The third-order valence-electron chi connectivity index (χ3n) is 3.23. The third kappa shape index (κ3) is 2.76. The highest BCUT2D eigenvalue weighted by Crippen LogP contribution is 2.21.